The molecular formula is C14H26N2S. The van der Waals surface area contributed by atoms with E-state index in [1.165, 1.54) is 34.8 Å². The first-order chi connectivity index (χ1) is 8.12. The summed E-state index contributed by atoms with van der Waals surface area (Å²) >= 11 is 1.85. The molecule has 0 saturated carbocycles. The minimum Gasteiger partial charge on any atom is -0.309 e. The fourth-order valence-electron chi connectivity index (χ4n) is 2.36. The van der Waals surface area contributed by atoms with E-state index in [4.69, 9.17) is 0 Å². The number of rotatable bonds is 7. The lowest BCUT2D eigenvalue weighted by Gasteiger charge is -2.22. The van der Waals surface area contributed by atoms with Crippen LogP contribution in [0.3, 0.4) is 0 Å². The molecule has 1 atom stereocenters. The fraction of sp³-hybridized carbons (Fsp3) is 0.786. The zero-order valence-electron chi connectivity index (χ0n) is 11.8. The Morgan fingerprint density at radius 2 is 1.82 bits per heavy atom. The summed E-state index contributed by atoms with van der Waals surface area (Å²) in [6, 6.07) is 0.496. The first kappa shape index (κ1) is 14.7. The van der Waals surface area contributed by atoms with Crippen molar-refractivity contribution in [1.82, 2.24) is 10.3 Å². The molecule has 17 heavy (non-hydrogen) atoms. The van der Waals surface area contributed by atoms with E-state index in [1.54, 1.807) is 0 Å². The van der Waals surface area contributed by atoms with Gasteiger partial charge in [-0.15, -0.1) is 11.3 Å². The molecule has 98 valence electrons. The molecule has 0 bridgehead atoms. The summed E-state index contributed by atoms with van der Waals surface area (Å²) in [4.78, 5) is 5.99. The standard InChI is InChI=1S/C14H26N2S/c1-6-12(7-2)9-13(15-8-3)14-10(4)16-11(5)17-14/h12-13,15H,6-9H2,1-5H3. The molecule has 0 radical (unpaired) electrons. The third kappa shape index (κ3) is 4.07. The van der Waals surface area contributed by atoms with E-state index in [1.807, 2.05) is 11.3 Å². The van der Waals surface area contributed by atoms with Gasteiger partial charge in [0.2, 0.25) is 0 Å². The predicted molar refractivity (Wildman–Crippen MR) is 76.7 cm³/mol. The van der Waals surface area contributed by atoms with Crippen LogP contribution in [0, 0.1) is 19.8 Å². The van der Waals surface area contributed by atoms with Gasteiger partial charge in [-0.05, 0) is 32.7 Å². The van der Waals surface area contributed by atoms with Crippen LogP contribution >= 0.6 is 11.3 Å². The van der Waals surface area contributed by atoms with Crippen LogP contribution in [-0.2, 0) is 0 Å². The number of aryl methyl sites for hydroxylation is 2. The highest BCUT2D eigenvalue weighted by Gasteiger charge is 2.19. The number of thiazole rings is 1. The van der Waals surface area contributed by atoms with Crippen LogP contribution in [0.2, 0.25) is 0 Å². The minimum atomic E-state index is 0.496. The molecule has 0 aromatic carbocycles. The Morgan fingerprint density at radius 3 is 2.24 bits per heavy atom. The van der Waals surface area contributed by atoms with Crippen molar-refractivity contribution in [2.24, 2.45) is 5.92 Å². The Hall–Kier alpha value is -0.410. The van der Waals surface area contributed by atoms with Gasteiger partial charge in [-0.3, -0.25) is 0 Å². The molecule has 1 N–H and O–H groups in total. The van der Waals surface area contributed by atoms with Gasteiger partial charge in [0.1, 0.15) is 0 Å². The molecule has 0 spiro atoms. The summed E-state index contributed by atoms with van der Waals surface area (Å²) in [6.45, 7) is 12.0. The van der Waals surface area contributed by atoms with Gasteiger partial charge in [0.25, 0.3) is 0 Å². The number of nitrogens with zero attached hydrogens (tertiary/aromatic N) is 1. The molecule has 2 nitrogen and oxygen atoms in total. The van der Waals surface area contributed by atoms with Gasteiger partial charge in [0.15, 0.2) is 0 Å². The minimum absolute atomic E-state index is 0.496. The molecule has 0 aliphatic carbocycles. The van der Waals surface area contributed by atoms with Crippen LogP contribution in [-0.4, -0.2) is 11.5 Å². The first-order valence-electron chi connectivity index (χ1n) is 6.79. The Bertz CT molecular complexity index is 329. The maximum atomic E-state index is 4.55. The van der Waals surface area contributed by atoms with Gasteiger partial charge in [-0.1, -0.05) is 33.6 Å². The van der Waals surface area contributed by atoms with Crippen molar-refractivity contribution in [3.63, 3.8) is 0 Å². The second-order valence-electron chi connectivity index (χ2n) is 4.71. The van der Waals surface area contributed by atoms with E-state index >= 15 is 0 Å². The van der Waals surface area contributed by atoms with Crippen LogP contribution in [0.4, 0.5) is 0 Å². The molecule has 0 saturated heterocycles. The smallest absolute Gasteiger partial charge is 0.0900 e. The van der Waals surface area contributed by atoms with E-state index in [0.29, 0.717) is 6.04 Å². The number of nitrogens with one attached hydrogen (secondary N) is 1. The lowest BCUT2D eigenvalue weighted by Crippen LogP contribution is -2.23. The molecule has 0 aliphatic rings. The summed E-state index contributed by atoms with van der Waals surface area (Å²) in [5.41, 5.74) is 1.21. The second-order valence-corrected chi connectivity index (χ2v) is 5.95. The third-order valence-electron chi connectivity index (χ3n) is 3.43. The lowest BCUT2D eigenvalue weighted by atomic mass is 9.93. The molecule has 1 aromatic heterocycles. The lowest BCUT2D eigenvalue weighted by molar-refractivity contribution is 0.378. The monoisotopic (exact) mass is 254 g/mol. The van der Waals surface area contributed by atoms with Gasteiger partial charge in [-0.2, -0.15) is 0 Å². The summed E-state index contributed by atoms with van der Waals surface area (Å²) in [7, 11) is 0. The maximum Gasteiger partial charge on any atom is 0.0900 e. The molecule has 1 heterocycles. The van der Waals surface area contributed by atoms with Crippen molar-refractivity contribution in [2.75, 3.05) is 6.54 Å². The first-order valence-corrected chi connectivity index (χ1v) is 7.61. The van der Waals surface area contributed by atoms with Crippen molar-refractivity contribution < 1.29 is 0 Å². The largest absolute Gasteiger partial charge is 0.309 e. The number of hydrogen-bond donors (Lipinski definition) is 1. The van der Waals surface area contributed by atoms with Gasteiger partial charge in [-0.25, -0.2) is 4.98 Å². The SMILES string of the molecule is CCNC(CC(CC)CC)c1sc(C)nc1C. The number of aromatic nitrogens is 1. The Labute approximate surface area is 110 Å². The van der Waals surface area contributed by atoms with E-state index in [2.05, 4.69) is 44.9 Å². The average Bonchev–Trinajstić information content (AvgIpc) is 2.64. The van der Waals surface area contributed by atoms with Crippen LogP contribution < -0.4 is 5.32 Å². The average molecular weight is 254 g/mol. The van der Waals surface area contributed by atoms with Gasteiger partial charge in [0.05, 0.1) is 10.7 Å². The normalized spacial score (nSPS) is 13.3. The molecule has 0 aliphatic heterocycles. The zero-order chi connectivity index (χ0) is 12.8. The van der Waals surface area contributed by atoms with Crippen LogP contribution in [0.15, 0.2) is 0 Å². The molecule has 0 amide bonds. The highest BCUT2D eigenvalue weighted by Crippen LogP contribution is 2.31. The van der Waals surface area contributed by atoms with Gasteiger partial charge >= 0.3 is 0 Å². The van der Waals surface area contributed by atoms with Crippen molar-refractivity contribution in [1.29, 1.82) is 0 Å². The Morgan fingerprint density at radius 1 is 1.18 bits per heavy atom. The fourth-order valence-corrected chi connectivity index (χ4v) is 3.37. The molecule has 1 aromatic rings. The molecule has 3 heteroatoms. The zero-order valence-corrected chi connectivity index (χ0v) is 12.7. The molecule has 1 unspecified atom stereocenters. The van der Waals surface area contributed by atoms with E-state index in [9.17, 15) is 0 Å². The predicted octanol–water partition coefficient (Wildman–Crippen LogP) is 4.24. The number of hydrogen-bond acceptors (Lipinski definition) is 3. The Kier molecular flexibility index (Phi) is 6.14. The summed E-state index contributed by atoms with van der Waals surface area (Å²) in [5, 5.41) is 4.81. The quantitative estimate of drug-likeness (QED) is 0.787. The molecule has 0 fully saturated rings. The van der Waals surface area contributed by atoms with E-state index < -0.39 is 0 Å². The third-order valence-corrected chi connectivity index (χ3v) is 4.62. The van der Waals surface area contributed by atoms with Crippen molar-refractivity contribution >= 4 is 11.3 Å². The summed E-state index contributed by atoms with van der Waals surface area (Å²) in [6.07, 6.45) is 3.79. The Balaban J connectivity index is 2.81. The van der Waals surface area contributed by atoms with Crippen molar-refractivity contribution in [2.45, 2.75) is 59.9 Å². The van der Waals surface area contributed by atoms with Gasteiger partial charge in [0, 0.05) is 10.9 Å². The molecule has 1 rings (SSSR count). The second kappa shape index (κ2) is 7.12. The summed E-state index contributed by atoms with van der Waals surface area (Å²) < 4.78 is 0. The van der Waals surface area contributed by atoms with Crippen LogP contribution in [0.1, 0.15) is 61.7 Å². The van der Waals surface area contributed by atoms with Crippen LogP contribution in [0.5, 0.6) is 0 Å². The highest BCUT2D eigenvalue weighted by atomic mass is 32.1. The maximum absolute atomic E-state index is 4.55. The molecular weight excluding hydrogens is 228 g/mol. The van der Waals surface area contributed by atoms with E-state index in [0.717, 1.165) is 12.5 Å². The highest BCUT2D eigenvalue weighted by molar-refractivity contribution is 7.11. The van der Waals surface area contributed by atoms with Crippen molar-refractivity contribution in [3.05, 3.63) is 15.6 Å². The van der Waals surface area contributed by atoms with Crippen LogP contribution in [0.25, 0.3) is 0 Å². The van der Waals surface area contributed by atoms with Crippen molar-refractivity contribution in [3.8, 4) is 0 Å². The summed E-state index contributed by atoms with van der Waals surface area (Å²) in [5.74, 6) is 0.820. The van der Waals surface area contributed by atoms with E-state index in [-0.39, 0.29) is 0 Å². The van der Waals surface area contributed by atoms with Gasteiger partial charge < -0.3 is 5.32 Å². The topological polar surface area (TPSA) is 24.9 Å².